The van der Waals surface area contributed by atoms with Crippen LogP contribution in [0.5, 0.6) is 0 Å². The Labute approximate surface area is 194 Å². The highest BCUT2D eigenvalue weighted by Gasteiger charge is 2.34. The molecule has 1 atom stereocenters. The standard InChI is InChI=1S/C24H29Cl2N5/c1-16-7-12-19(13-8-16)27-24(5,6)22-28-29-30-31(22)21(23(2,3)4)14-10-17-9-11-18(25)15-20(17)26/h7-15,21,27H,1-6H3/b14-10-. The van der Waals surface area contributed by atoms with Crippen LogP contribution in [-0.4, -0.2) is 20.2 Å². The molecular weight excluding hydrogens is 429 g/mol. The van der Waals surface area contributed by atoms with Gasteiger partial charge in [-0.3, -0.25) is 0 Å². The summed E-state index contributed by atoms with van der Waals surface area (Å²) in [6.45, 7) is 12.7. The number of rotatable bonds is 6. The Morgan fingerprint density at radius 3 is 2.29 bits per heavy atom. The number of benzene rings is 2. The first-order valence-corrected chi connectivity index (χ1v) is 11.0. The van der Waals surface area contributed by atoms with E-state index in [1.807, 2.05) is 22.9 Å². The topological polar surface area (TPSA) is 55.6 Å². The maximum atomic E-state index is 6.36. The molecule has 1 aromatic heterocycles. The summed E-state index contributed by atoms with van der Waals surface area (Å²) >= 11 is 12.4. The van der Waals surface area contributed by atoms with Crippen molar-refractivity contribution in [1.82, 2.24) is 20.2 Å². The Morgan fingerprint density at radius 2 is 1.68 bits per heavy atom. The molecule has 1 N–H and O–H groups in total. The summed E-state index contributed by atoms with van der Waals surface area (Å²) in [4.78, 5) is 0. The van der Waals surface area contributed by atoms with Crippen molar-refractivity contribution in [2.75, 3.05) is 5.32 Å². The molecule has 164 valence electrons. The second-order valence-electron chi connectivity index (χ2n) is 9.40. The number of aromatic nitrogens is 4. The highest BCUT2D eigenvalue weighted by molar-refractivity contribution is 6.35. The lowest BCUT2D eigenvalue weighted by Crippen LogP contribution is -2.35. The zero-order valence-corrected chi connectivity index (χ0v) is 20.3. The molecule has 3 rings (SSSR count). The molecule has 2 aromatic carbocycles. The van der Waals surface area contributed by atoms with Gasteiger partial charge in [-0.25, -0.2) is 4.68 Å². The number of aryl methyl sites for hydroxylation is 1. The van der Waals surface area contributed by atoms with Gasteiger partial charge in [-0.2, -0.15) is 0 Å². The van der Waals surface area contributed by atoms with Crippen molar-refractivity contribution in [3.63, 3.8) is 0 Å². The molecule has 3 aromatic rings. The number of halogens is 2. The molecule has 31 heavy (non-hydrogen) atoms. The quantitative estimate of drug-likeness (QED) is 0.435. The molecule has 0 aliphatic carbocycles. The first-order valence-electron chi connectivity index (χ1n) is 10.2. The van der Waals surface area contributed by atoms with Crippen LogP contribution >= 0.6 is 23.2 Å². The molecule has 5 nitrogen and oxygen atoms in total. The van der Waals surface area contributed by atoms with Crippen molar-refractivity contribution in [3.8, 4) is 0 Å². The van der Waals surface area contributed by atoms with Crippen LogP contribution in [0.15, 0.2) is 48.5 Å². The summed E-state index contributed by atoms with van der Waals surface area (Å²) in [6.07, 6.45) is 4.09. The maximum absolute atomic E-state index is 6.36. The number of allylic oxidation sites excluding steroid dienone is 1. The van der Waals surface area contributed by atoms with E-state index >= 15 is 0 Å². The summed E-state index contributed by atoms with van der Waals surface area (Å²) in [7, 11) is 0. The minimum atomic E-state index is -0.492. The second kappa shape index (κ2) is 9.01. The lowest BCUT2D eigenvalue weighted by atomic mass is 9.85. The van der Waals surface area contributed by atoms with Gasteiger partial charge in [0.05, 0.1) is 11.6 Å². The van der Waals surface area contributed by atoms with E-state index in [2.05, 4.69) is 92.7 Å². The van der Waals surface area contributed by atoms with Gasteiger partial charge in [0.15, 0.2) is 5.82 Å². The highest BCUT2D eigenvalue weighted by Crippen LogP contribution is 2.35. The van der Waals surface area contributed by atoms with E-state index in [1.165, 1.54) is 5.56 Å². The minimum Gasteiger partial charge on any atom is -0.373 e. The maximum Gasteiger partial charge on any atom is 0.176 e. The van der Waals surface area contributed by atoms with E-state index in [9.17, 15) is 0 Å². The fourth-order valence-corrected chi connectivity index (χ4v) is 3.89. The van der Waals surface area contributed by atoms with Gasteiger partial charge in [0.2, 0.25) is 0 Å². The van der Waals surface area contributed by atoms with E-state index in [0.29, 0.717) is 10.0 Å². The van der Waals surface area contributed by atoms with Gasteiger partial charge in [-0.1, -0.05) is 79.9 Å². The molecule has 0 fully saturated rings. The monoisotopic (exact) mass is 457 g/mol. The van der Waals surface area contributed by atoms with E-state index in [1.54, 1.807) is 6.07 Å². The van der Waals surface area contributed by atoms with Crippen LogP contribution in [-0.2, 0) is 5.54 Å². The van der Waals surface area contributed by atoms with Crippen molar-refractivity contribution in [1.29, 1.82) is 0 Å². The number of hydrogen-bond acceptors (Lipinski definition) is 4. The Balaban J connectivity index is 1.96. The van der Waals surface area contributed by atoms with Gasteiger partial charge in [0, 0.05) is 15.7 Å². The molecule has 0 aliphatic rings. The highest BCUT2D eigenvalue weighted by atomic mass is 35.5. The molecule has 0 bridgehead atoms. The molecule has 0 saturated carbocycles. The average molecular weight is 458 g/mol. The van der Waals surface area contributed by atoms with E-state index in [4.69, 9.17) is 23.2 Å². The van der Waals surface area contributed by atoms with Crippen molar-refractivity contribution in [2.24, 2.45) is 5.41 Å². The van der Waals surface area contributed by atoms with E-state index in [0.717, 1.165) is 17.1 Å². The molecule has 0 saturated heterocycles. The van der Waals surface area contributed by atoms with Crippen molar-refractivity contribution in [2.45, 2.75) is 53.1 Å². The predicted octanol–water partition coefficient (Wildman–Crippen LogP) is 6.94. The lowest BCUT2D eigenvalue weighted by Gasteiger charge is -2.33. The van der Waals surface area contributed by atoms with Crippen molar-refractivity contribution < 1.29 is 0 Å². The Morgan fingerprint density at radius 1 is 1.00 bits per heavy atom. The summed E-state index contributed by atoms with van der Waals surface area (Å²) in [5.74, 6) is 0.750. The first kappa shape index (κ1) is 23.3. The largest absolute Gasteiger partial charge is 0.373 e. The summed E-state index contributed by atoms with van der Waals surface area (Å²) < 4.78 is 1.89. The number of anilines is 1. The van der Waals surface area contributed by atoms with E-state index < -0.39 is 5.54 Å². The van der Waals surface area contributed by atoms with Crippen LogP contribution in [0.25, 0.3) is 6.08 Å². The number of nitrogens with zero attached hydrogens (tertiary/aromatic N) is 4. The molecule has 7 heteroatoms. The van der Waals surface area contributed by atoms with E-state index in [-0.39, 0.29) is 11.5 Å². The predicted molar refractivity (Wildman–Crippen MR) is 130 cm³/mol. The Hall–Kier alpha value is -2.37. The van der Waals surface area contributed by atoms with Crippen LogP contribution in [0.3, 0.4) is 0 Å². The molecular formula is C24H29Cl2N5. The smallest absolute Gasteiger partial charge is 0.176 e. The fraction of sp³-hybridized carbons (Fsp3) is 0.375. The lowest BCUT2D eigenvalue weighted by molar-refractivity contribution is 0.258. The van der Waals surface area contributed by atoms with Crippen LogP contribution in [0.2, 0.25) is 10.0 Å². The van der Waals surface area contributed by atoms with Gasteiger partial charge in [-0.05, 0) is 66.4 Å². The summed E-state index contributed by atoms with van der Waals surface area (Å²) in [5, 5.41) is 17.5. The summed E-state index contributed by atoms with van der Waals surface area (Å²) in [5.41, 5.74) is 2.49. The zero-order chi connectivity index (χ0) is 22.8. The SMILES string of the molecule is Cc1ccc(NC(C)(C)c2nnnn2C(/C=C\c2ccc(Cl)cc2Cl)C(C)(C)C)cc1. The number of nitrogens with one attached hydrogen (secondary N) is 1. The molecule has 1 unspecified atom stereocenters. The third-order valence-corrected chi connectivity index (χ3v) is 5.69. The van der Waals surface area contributed by atoms with Gasteiger partial charge in [-0.15, -0.1) is 5.10 Å². The first-order chi connectivity index (χ1) is 14.5. The normalized spacial score (nSPS) is 13.5. The molecule has 0 spiro atoms. The van der Waals surface area contributed by atoms with Crippen LogP contribution in [0, 0.1) is 12.3 Å². The van der Waals surface area contributed by atoms with Gasteiger partial charge in [0.25, 0.3) is 0 Å². The van der Waals surface area contributed by atoms with Gasteiger partial charge in [0.1, 0.15) is 0 Å². The molecule has 0 amide bonds. The molecule has 0 aliphatic heterocycles. The minimum absolute atomic E-state index is 0.0941. The van der Waals surface area contributed by atoms with Crippen LogP contribution < -0.4 is 5.32 Å². The number of tetrazole rings is 1. The second-order valence-corrected chi connectivity index (χ2v) is 10.2. The summed E-state index contributed by atoms with van der Waals surface area (Å²) in [6, 6.07) is 13.7. The Bertz CT molecular complexity index is 1060. The van der Waals surface area contributed by atoms with Crippen LogP contribution in [0.4, 0.5) is 5.69 Å². The van der Waals surface area contributed by atoms with Gasteiger partial charge < -0.3 is 5.32 Å². The van der Waals surface area contributed by atoms with Crippen molar-refractivity contribution >= 4 is 35.0 Å². The molecule has 1 heterocycles. The van der Waals surface area contributed by atoms with Crippen molar-refractivity contribution in [3.05, 3.63) is 75.5 Å². The van der Waals surface area contributed by atoms with Gasteiger partial charge >= 0.3 is 0 Å². The fourth-order valence-electron chi connectivity index (χ4n) is 3.41. The number of hydrogen-bond donors (Lipinski definition) is 1. The third-order valence-electron chi connectivity index (χ3n) is 5.13. The Kier molecular flexibility index (Phi) is 6.77. The van der Waals surface area contributed by atoms with Crippen LogP contribution in [0.1, 0.15) is 57.6 Å². The third kappa shape index (κ3) is 5.66. The zero-order valence-electron chi connectivity index (χ0n) is 18.8. The molecule has 0 radical (unpaired) electrons. The average Bonchev–Trinajstić information content (AvgIpc) is 3.14.